The van der Waals surface area contributed by atoms with Gasteiger partial charge >= 0.3 is 5.97 Å². The zero-order valence-corrected chi connectivity index (χ0v) is 28.3. The fraction of sp³-hybridized carbons (Fsp3) is 0.974. The number of ether oxygens (including phenoxy) is 1. The lowest BCUT2D eigenvalue weighted by Crippen LogP contribution is -2.35. The van der Waals surface area contributed by atoms with Crippen molar-refractivity contribution in [2.24, 2.45) is 23.7 Å². The van der Waals surface area contributed by atoms with E-state index in [9.17, 15) is 4.79 Å². The van der Waals surface area contributed by atoms with Gasteiger partial charge in [0.2, 0.25) is 0 Å². The van der Waals surface area contributed by atoms with Crippen molar-refractivity contribution in [1.82, 2.24) is 0 Å². The van der Waals surface area contributed by atoms with Crippen molar-refractivity contribution in [3.05, 3.63) is 0 Å². The van der Waals surface area contributed by atoms with Crippen molar-refractivity contribution in [3.63, 3.8) is 0 Å². The first-order chi connectivity index (χ1) is 20.2. The quantitative estimate of drug-likeness (QED) is 0.0709. The van der Waals surface area contributed by atoms with Crippen LogP contribution < -0.4 is 0 Å². The van der Waals surface area contributed by atoms with Gasteiger partial charge in [0.05, 0.1) is 6.61 Å². The van der Waals surface area contributed by atoms with Gasteiger partial charge in [-0.3, -0.25) is 4.79 Å². The molecule has 0 radical (unpaired) electrons. The zero-order valence-electron chi connectivity index (χ0n) is 28.3. The molecule has 0 heterocycles. The van der Waals surface area contributed by atoms with Crippen molar-refractivity contribution in [3.8, 4) is 0 Å². The highest BCUT2D eigenvalue weighted by Crippen LogP contribution is 2.47. The van der Waals surface area contributed by atoms with Crippen LogP contribution in [0.1, 0.15) is 201 Å². The molecule has 1 rings (SSSR count). The Morgan fingerprint density at radius 1 is 0.537 bits per heavy atom. The number of hydrogen-bond donors (Lipinski definition) is 1. The Bertz CT molecular complexity index is 562. The Morgan fingerprint density at radius 2 is 0.927 bits per heavy atom. The van der Waals surface area contributed by atoms with E-state index in [1.165, 1.54) is 154 Å². The van der Waals surface area contributed by atoms with E-state index in [4.69, 9.17) is 9.84 Å². The summed E-state index contributed by atoms with van der Waals surface area (Å²) in [5.74, 6) is 3.83. The highest BCUT2D eigenvalue weighted by Gasteiger charge is 2.37. The normalized spacial score (nSPS) is 20.9. The summed E-state index contributed by atoms with van der Waals surface area (Å²) < 4.78 is 5.16. The third-order valence-electron chi connectivity index (χ3n) is 10.2. The van der Waals surface area contributed by atoms with E-state index in [2.05, 4.69) is 20.8 Å². The van der Waals surface area contributed by atoms with Crippen LogP contribution in [0.3, 0.4) is 0 Å². The topological polar surface area (TPSA) is 46.5 Å². The minimum atomic E-state index is -0.0944. The number of aliphatic hydroxyl groups is 1. The molecule has 41 heavy (non-hydrogen) atoms. The van der Waals surface area contributed by atoms with Crippen LogP contribution in [0.15, 0.2) is 0 Å². The van der Waals surface area contributed by atoms with Gasteiger partial charge in [0, 0.05) is 19.4 Å². The summed E-state index contributed by atoms with van der Waals surface area (Å²) in [5, 5.41) is 8.82. The summed E-state index contributed by atoms with van der Waals surface area (Å²) in [6, 6.07) is 0. The number of rotatable bonds is 29. The number of aliphatic hydroxyl groups excluding tert-OH is 1. The number of carbonyl (C=O) groups excluding carboxylic acids is 1. The predicted octanol–water partition coefficient (Wildman–Crippen LogP) is 12.0. The fourth-order valence-corrected chi connectivity index (χ4v) is 7.68. The van der Waals surface area contributed by atoms with Crippen LogP contribution in [0.2, 0.25) is 0 Å². The molecule has 1 saturated carbocycles. The molecule has 0 aromatic carbocycles. The van der Waals surface area contributed by atoms with Gasteiger partial charge < -0.3 is 9.84 Å². The first kappa shape index (κ1) is 38.5. The van der Waals surface area contributed by atoms with Gasteiger partial charge in [0.1, 0.15) is 0 Å². The lowest BCUT2D eigenvalue weighted by Gasteiger charge is -2.44. The molecular formula is C38H74O3. The molecule has 0 aromatic rings. The molecule has 0 bridgehead atoms. The van der Waals surface area contributed by atoms with E-state index in [0.29, 0.717) is 19.4 Å². The van der Waals surface area contributed by atoms with Gasteiger partial charge in [-0.25, -0.2) is 0 Å². The van der Waals surface area contributed by atoms with Crippen molar-refractivity contribution in [2.75, 3.05) is 13.2 Å². The van der Waals surface area contributed by atoms with Gasteiger partial charge in [-0.2, -0.15) is 0 Å². The van der Waals surface area contributed by atoms with Crippen molar-refractivity contribution >= 4 is 5.97 Å². The number of esters is 1. The molecule has 3 nitrogen and oxygen atoms in total. The maximum absolute atomic E-state index is 11.8. The summed E-state index contributed by atoms with van der Waals surface area (Å²) in [6.45, 7) is 7.45. The summed E-state index contributed by atoms with van der Waals surface area (Å²) >= 11 is 0. The standard InChI is InChI=1S/C38H74O3/c1-4-7-10-13-17-22-28-37-34(25-19-12-9-6-3)30-31-35(36(37)27-21-15-11-8-5-2)26-20-16-14-18-23-29-38(40)41-33-24-32-39/h34-37,39H,4-33H2,1-3H3. The second kappa shape index (κ2) is 28.2. The van der Waals surface area contributed by atoms with Crippen LogP contribution >= 0.6 is 0 Å². The fourth-order valence-electron chi connectivity index (χ4n) is 7.68. The largest absolute Gasteiger partial charge is 0.466 e. The second-order valence-corrected chi connectivity index (χ2v) is 13.6. The van der Waals surface area contributed by atoms with E-state index >= 15 is 0 Å². The minimum absolute atomic E-state index is 0.0907. The van der Waals surface area contributed by atoms with Gasteiger partial charge in [0.15, 0.2) is 0 Å². The number of carbonyl (C=O) groups is 1. The van der Waals surface area contributed by atoms with Gasteiger partial charge in [-0.15, -0.1) is 0 Å². The van der Waals surface area contributed by atoms with Crippen LogP contribution in [-0.2, 0) is 9.53 Å². The molecule has 0 saturated heterocycles. The Labute approximate surface area is 257 Å². The van der Waals surface area contributed by atoms with E-state index in [-0.39, 0.29) is 12.6 Å². The maximum atomic E-state index is 11.8. The summed E-state index contributed by atoms with van der Waals surface area (Å²) in [7, 11) is 0. The van der Waals surface area contributed by atoms with Crippen LogP contribution in [-0.4, -0.2) is 24.3 Å². The highest BCUT2D eigenvalue weighted by molar-refractivity contribution is 5.69. The number of unbranched alkanes of at least 4 members (excludes halogenated alkanes) is 16. The monoisotopic (exact) mass is 579 g/mol. The van der Waals surface area contributed by atoms with Gasteiger partial charge in [0.25, 0.3) is 0 Å². The zero-order chi connectivity index (χ0) is 29.8. The SMILES string of the molecule is CCCCCCCCC1C(CCCCCC)CCC(CCCCCCCC(=O)OCCCO)C1CCCCCCC. The smallest absolute Gasteiger partial charge is 0.305 e. The lowest BCUT2D eigenvalue weighted by molar-refractivity contribution is -0.144. The lowest BCUT2D eigenvalue weighted by atomic mass is 9.61. The molecule has 0 spiro atoms. The molecule has 0 amide bonds. The molecule has 4 atom stereocenters. The predicted molar refractivity (Wildman–Crippen MR) is 178 cm³/mol. The Morgan fingerprint density at radius 3 is 1.39 bits per heavy atom. The van der Waals surface area contributed by atoms with Crippen LogP contribution in [0.4, 0.5) is 0 Å². The van der Waals surface area contributed by atoms with Crippen molar-refractivity contribution < 1.29 is 14.6 Å². The molecule has 244 valence electrons. The third-order valence-corrected chi connectivity index (χ3v) is 10.2. The molecule has 4 unspecified atom stereocenters. The van der Waals surface area contributed by atoms with Crippen LogP contribution in [0.5, 0.6) is 0 Å². The highest BCUT2D eigenvalue weighted by atomic mass is 16.5. The molecule has 1 fully saturated rings. The molecule has 1 aliphatic rings. The van der Waals surface area contributed by atoms with Crippen molar-refractivity contribution in [1.29, 1.82) is 0 Å². The molecule has 1 aliphatic carbocycles. The van der Waals surface area contributed by atoms with Crippen molar-refractivity contribution in [2.45, 2.75) is 201 Å². The van der Waals surface area contributed by atoms with Gasteiger partial charge in [-0.1, -0.05) is 156 Å². The summed E-state index contributed by atoms with van der Waals surface area (Å²) in [4.78, 5) is 11.8. The average Bonchev–Trinajstić information content (AvgIpc) is 2.97. The van der Waals surface area contributed by atoms with Crippen LogP contribution in [0, 0.1) is 23.7 Å². The average molecular weight is 579 g/mol. The second-order valence-electron chi connectivity index (χ2n) is 13.6. The van der Waals surface area contributed by atoms with Crippen LogP contribution in [0.25, 0.3) is 0 Å². The third kappa shape index (κ3) is 20.1. The Balaban J connectivity index is 2.61. The van der Waals surface area contributed by atoms with E-state index in [1.807, 2.05) is 0 Å². The molecule has 1 N–H and O–H groups in total. The summed E-state index contributed by atoms with van der Waals surface area (Å²) in [5.41, 5.74) is 0. The first-order valence-corrected chi connectivity index (χ1v) is 18.9. The molecule has 0 aromatic heterocycles. The minimum Gasteiger partial charge on any atom is -0.466 e. The molecule has 0 aliphatic heterocycles. The van der Waals surface area contributed by atoms with Gasteiger partial charge in [-0.05, 0) is 55.8 Å². The Kier molecular flexibility index (Phi) is 26.5. The van der Waals surface area contributed by atoms with E-state index in [0.717, 1.165) is 36.5 Å². The van der Waals surface area contributed by atoms with E-state index in [1.54, 1.807) is 0 Å². The summed E-state index contributed by atoms with van der Waals surface area (Å²) in [6.07, 6.45) is 37.4. The molecular weight excluding hydrogens is 504 g/mol. The maximum Gasteiger partial charge on any atom is 0.305 e. The first-order valence-electron chi connectivity index (χ1n) is 18.9. The molecule has 3 heteroatoms. The van der Waals surface area contributed by atoms with E-state index < -0.39 is 0 Å². The number of hydrogen-bond acceptors (Lipinski definition) is 3. The Hall–Kier alpha value is -0.570.